The minimum absolute atomic E-state index is 0.00769. The summed E-state index contributed by atoms with van der Waals surface area (Å²) in [6.07, 6.45) is 23.1. The number of aryl methyl sites for hydroxylation is 1. The highest BCUT2D eigenvalue weighted by Crippen LogP contribution is 2.50. The zero-order chi connectivity index (χ0) is 46.2. The fourth-order valence-electron chi connectivity index (χ4n) is 10.8. The Bertz CT molecular complexity index is 2440. The molecule has 3 aliphatic carbocycles. The van der Waals surface area contributed by atoms with Crippen LogP contribution in [0.2, 0.25) is 0 Å². The zero-order valence-corrected chi connectivity index (χ0v) is 39.4. The topological polar surface area (TPSA) is 131 Å². The summed E-state index contributed by atoms with van der Waals surface area (Å²) in [6, 6.07) is 26.8. The van der Waals surface area contributed by atoms with E-state index in [9.17, 15) is 19.8 Å². The predicted octanol–water partition coefficient (Wildman–Crippen LogP) is 15.8. The van der Waals surface area contributed by atoms with Gasteiger partial charge in [0.05, 0.1) is 27.9 Å². The van der Waals surface area contributed by atoms with Crippen LogP contribution in [0.15, 0.2) is 84.9 Å². The normalized spacial score (nSPS) is 19.3. The number of nitrogens with two attached hydrogens (primary N) is 1. The number of carbonyl (C=O) groups excluding carboxylic acids is 2. The number of carbonyl (C=O) groups is 2. The molecule has 0 aromatic heterocycles. The summed E-state index contributed by atoms with van der Waals surface area (Å²) < 4.78 is 12.6. The van der Waals surface area contributed by atoms with Crippen molar-refractivity contribution < 1.29 is 29.3 Å². The standard InChI is InChI=1S/C58H70N2O6/c1-4-7-10-11-14-39-19-29-44(30-20-39)60-48-36-50(66-46-33-27-43(28-34-46)41-23-17-38(18-24-41)13-9-6-3)56(62)54-52(48)58(64)53-51(57(54)63)47(59)35-49(55(53)61)65-45-31-25-42(26-32-45)40-21-15-37(16-22-40)12-8-5-2/h19-20,25-38,40-41,60-62H,4-18,21-24,59H2,1-3H3. The van der Waals surface area contributed by atoms with Gasteiger partial charge in [0, 0.05) is 23.5 Å². The van der Waals surface area contributed by atoms with Crippen molar-refractivity contribution in [3.05, 3.63) is 124 Å². The Morgan fingerprint density at radius 3 is 1.52 bits per heavy atom. The van der Waals surface area contributed by atoms with Crippen LogP contribution < -0.4 is 20.5 Å². The maximum atomic E-state index is 14.8. The molecule has 0 unspecified atom stereocenters. The van der Waals surface area contributed by atoms with Crippen molar-refractivity contribution in [2.24, 2.45) is 11.8 Å². The summed E-state index contributed by atoms with van der Waals surface area (Å²) in [4.78, 5) is 29.5. The van der Waals surface area contributed by atoms with E-state index in [1.807, 2.05) is 36.4 Å². The van der Waals surface area contributed by atoms with Crippen LogP contribution in [-0.4, -0.2) is 21.8 Å². The molecule has 0 aliphatic heterocycles. The lowest BCUT2D eigenvalue weighted by Gasteiger charge is -2.29. The number of hydrogen-bond donors (Lipinski definition) is 4. The number of anilines is 3. The summed E-state index contributed by atoms with van der Waals surface area (Å²) in [7, 11) is 0. The lowest BCUT2D eigenvalue weighted by atomic mass is 9.77. The van der Waals surface area contributed by atoms with Crippen LogP contribution in [0, 0.1) is 11.8 Å². The van der Waals surface area contributed by atoms with Gasteiger partial charge >= 0.3 is 0 Å². The number of benzene rings is 5. The van der Waals surface area contributed by atoms with E-state index in [1.165, 1.54) is 132 Å². The molecule has 2 fully saturated rings. The fourth-order valence-corrected chi connectivity index (χ4v) is 10.8. The first kappa shape index (κ1) is 46.8. The van der Waals surface area contributed by atoms with E-state index >= 15 is 0 Å². The van der Waals surface area contributed by atoms with Gasteiger partial charge in [0.1, 0.15) is 11.5 Å². The van der Waals surface area contributed by atoms with Gasteiger partial charge in [-0.15, -0.1) is 0 Å². The SMILES string of the molecule is CCCCCCc1ccc(Nc2cc(Oc3ccc(C4CCC(CCCC)CC4)cc3)c(O)c3c2C(=O)c2c(O)c(Oc4ccc(C5CCC(CCCC)CC5)cc4)cc(N)c2C3=O)cc1. The minimum Gasteiger partial charge on any atom is -0.504 e. The fraction of sp³-hybridized carbons (Fsp3) is 0.448. The van der Waals surface area contributed by atoms with Crippen molar-refractivity contribution >= 4 is 28.6 Å². The Morgan fingerprint density at radius 1 is 0.545 bits per heavy atom. The number of phenolic OH excluding ortho intramolecular Hbond substituents is 2. The molecule has 66 heavy (non-hydrogen) atoms. The highest BCUT2D eigenvalue weighted by molar-refractivity contribution is 6.34. The van der Waals surface area contributed by atoms with E-state index in [4.69, 9.17) is 15.2 Å². The molecule has 0 heterocycles. The van der Waals surface area contributed by atoms with Crippen LogP contribution >= 0.6 is 0 Å². The van der Waals surface area contributed by atoms with E-state index in [0.717, 1.165) is 24.7 Å². The van der Waals surface area contributed by atoms with Crippen LogP contribution in [0.3, 0.4) is 0 Å². The number of rotatable bonds is 19. The van der Waals surface area contributed by atoms with Gasteiger partial charge in [-0.3, -0.25) is 9.59 Å². The van der Waals surface area contributed by atoms with E-state index < -0.39 is 23.1 Å². The molecule has 0 amide bonds. The second kappa shape index (κ2) is 21.7. The molecule has 348 valence electrons. The van der Waals surface area contributed by atoms with Crippen LogP contribution in [-0.2, 0) is 6.42 Å². The molecular weight excluding hydrogens is 821 g/mol. The average molecular weight is 891 g/mol. The number of hydrogen-bond acceptors (Lipinski definition) is 8. The number of unbranched alkanes of at least 4 members (excludes halogenated alkanes) is 5. The quantitative estimate of drug-likeness (QED) is 0.0359. The molecule has 2 saturated carbocycles. The second-order valence-electron chi connectivity index (χ2n) is 19.4. The number of nitrogens with one attached hydrogen (secondary N) is 1. The number of nitrogen functional groups attached to an aromatic ring is 1. The zero-order valence-electron chi connectivity index (χ0n) is 39.4. The molecule has 0 atom stereocenters. The Kier molecular flexibility index (Phi) is 15.4. The lowest BCUT2D eigenvalue weighted by molar-refractivity contribution is 0.0974. The summed E-state index contributed by atoms with van der Waals surface area (Å²) >= 11 is 0. The minimum atomic E-state index is -0.703. The maximum Gasteiger partial charge on any atom is 0.200 e. The highest BCUT2D eigenvalue weighted by Gasteiger charge is 2.41. The molecular formula is C58H70N2O6. The van der Waals surface area contributed by atoms with Gasteiger partial charge in [0.2, 0.25) is 11.6 Å². The van der Waals surface area contributed by atoms with Crippen molar-refractivity contribution in [1.82, 2.24) is 0 Å². The average Bonchev–Trinajstić information content (AvgIpc) is 3.34. The van der Waals surface area contributed by atoms with Gasteiger partial charge in [0.25, 0.3) is 0 Å². The molecule has 5 aromatic carbocycles. The third-order valence-electron chi connectivity index (χ3n) is 14.8. The number of ether oxygens (including phenoxy) is 2. The van der Waals surface area contributed by atoms with Gasteiger partial charge in [0.15, 0.2) is 23.0 Å². The van der Waals surface area contributed by atoms with Crippen molar-refractivity contribution in [3.63, 3.8) is 0 Å². The molecule has 0 spiro atoms. The van der Waals surface area contributed by atoms with Gasteiger partial charge in [-0.05, 0) is 141 Å². The molecule has 0 bridgehead atoms. The van der Waals surface area contributed by atoms with Crippen molar-refractivity contribution in [3.8, 4) is 34.5 Å². The number of aromatic hydroxyl groups is 2. The van der Waals surface area contributed by atoms with Gasteiger partial charge < -0.3 is 30.7 Å². The molecule has 8 nitrogen and oxygen atoms in total. The van der Waals surface area contributed by atoms with E-state index in [-0.39, 0.29) is 45.1 Å². The van der Waals surface area contributed by atoms with Crippen LogP contribution in [0.25, 0.3) is 0 Å². The van der Waals surface area contributed by atoms with Gasteiger partial charge in [-0.2, -0.15) is 0 Å². The third-order valence-corrected chi connectivity index (χ3v) is 14.8. The Morgan fingerprint density at radius 2 is 1.02 bits per heavy atom. The molecule has 5 aromatic rings. The van der Waals surface area contributed by atoms with E-state index in [0.29, 0.717) is 29.0 Å². The number of phenols is 2. The molecule has 8 heteroatoms. The first-order chi connectivity index (χ1) is 32.1. The summed E-state index contributed by atoms with van der Waals surface area (Å²) in [5, 5.41) is 27.1. The number of ketones is 2. The molecule has 8 rings (SSSR count). The van der Waals surface area contributed by atoms with Crippen LogP contribution in [0.1, 0.15) is 197 Å². The molecule has 3 aliphatic rings. The van der Waals surface area contributed by atoms with E-state index in [2.05, 4.69) is 62.5 Å². The Labute approximate surface area is 392 Å². The smallest absolute Gasteiger partial charge is 0.200 e. The Hall–Kier alpha value is -5.76. The first-order valence-corrected chi connectivity index (χ1v) is 25.2. The van der Waals surface area contributed by atoms with Gasteiger partial charge in [-0.25, -0.2) is 0 Å². The highest BCUT2D eigenvalue weighted by atomic mass is 16.5. The summed E-state index contributed by atoms with van der Waals surface area (Å²) in [5.41, 5.74) is 10.4. The summed E-state index contributed by atoms with van der Waals surface area (Å²) in [5.74, 6) is 1.21. The molecule has 0 radical (unpaired) electrons. The van der Waals surface area contributed by atoms with E-state index in [1.54, 1.807) is 6.07 Å². The van der Waals surface area contributed by atoms with Crippen molar-refractivity contribution in [2.45, 2.75) is 155 Å². The Balaban J connectivity index is 1.07. The molecule has 5 N–H and O–H groups in total. The molecule has 0 saturated heterocycles. The third kappa shape index (κ3) is 10.6. The predicted molar refractivity (Wildman–Crippen MR) is 267 cm³/mol. The van der Waals surface area contributed by atoms with Crippen molar-refractivity contribution in [1.29, 1.82) is 0 Å². The lowest BCUT2D eigenvalue weighted by Crippen LogP contribution is -2.24. The first-order valence-electron chi connectivity index (χ1n) is 25.2. The maximum absolute atomic E-state index is 14.8. The van der Waals surface area contributed by atoms with Crippen LogP contribution in [0.4, 0.5) is 17.1 Å². The van der Waals surface area contributed by atoms with Gasteiger partial charge in [-0.1, -0.05) is 115 Å². The summed E-state index contributed by atoms with van der Waals surface area (Å²) in [6.45, 7) is 6.71. The van der Waals surface area contributed by atoms with Crippen LogP contribution in [0.5, 0.6) is 34.5 Å². The largest absolute Gasteiger partial charge is 0.504 e. The number of fused-ring (bicyclic) bond motifs is 2. The monoisotopic (exact) mass is 891 g/mol. The second-order valence-corrected chi connectivity index (χ2v) is 19.4. The van der Waals surface area contributed by atoms with Crippen molar-refractivity contribution in [2.75, 3.05) is 11.1 Å².